The number of hydrogen-bond donors (Lipinski definition) is 0. The molecule has 1 aliphatic heterocycles. The molecule has 0 aliphatic carbocycles. The third-order valence-electron chi connectivity index (χ3n) is 4.94. The Morgan fingerprint density at radius 3 is 2.93 bits per heavy atom. The van der Waals surface area contributed by atoms with Gasteiger partial charge in [-0.3, -0.25) is 4.79 Å². The molecule has 1 aromatic carbocycles. The van der Waals surface area contributed by atoms with Crippen LogP contribution in [0.4, 0.5) is 0 Å². The number of thiophene rings is 2. The van der Waals surface area contributed by atoms with E-state index in [2.05, 4.69) is 38.9 Å². The fraction of sp³-hybridized carbons (Fsp3) is 0.190. The standard InChI is InChI=1S/C21H17N3OS3/c25-19(12-28-21-14-4-1-2-5-16(14)22-13-23-21)24-9-7-17-15(8-11-27-17)20(24)18-6-3-10-26-18/h1-6,8,10-11,13,20H,7,9,12H2/t20-/m0/s1. The molecule has 1 aliphatic rings. The van der Waals surface area contributed by atoms with Gasteiger partial charge >= 0.3 is 0 Å². The van der Waals surface area contributed by atoms with Gasteiger partial charge in [-0.15, -0.1) is 22.7 Å². The number of aromatic nitrogens is 2. The first-order valence-electron chi connectivity index (χ1n) is 9.03. The summed E-state index contributed by atoms with van der Waals surface area (Å²) in [4.78, 5) is 26.6. The number of benzene rings is 1. The van der Waals surface area contributed by atoms with Crippen molar-refractivity contribution in [3.8, 4) is 0 Å². The topological polar surface area (TPSA) is 46.1 Å². The van der Waals surface area contributed by atoms with Crippen molar-refractivity contribution in [2.45, 2.75) is 17.5 Å². The highest BCUT2D eigenvalue weighted by atomic mass is 32.2. The Bertz CT molecular complexity index is 1120. The van der Waals surface area contributed by atoms with E-state index in [-0.39, 0.29) is 11.9 Å². The lowest BCUT2D eigenvalue weighted by Crippen LogP contribution is -2.40. The molecule has 4 nitrogen and oxygen atoms in total. The minimum atomic E-state index is 0.0326. The number of hydrogen-bond acceptors (Lipinski definition) is 6. The second-order valence-electron chi connectivity index (χ2n) is 6.54. The molecule has 7 heteroatoms. The zero-order valence-corrected chi connectivity index (χ0v) is 17.4. The number of rotatable bonds is 4. The molecule has 0 unspecified atom stereocenters. The van der Waals surface area contributed by atoms with E-state index in [1.165, 1.54) is 27.1 Å². The molecule has 4 heterocycles. The van der Waals surface area contributed by atoms with Crippen molar-refractivity contribution >= 4 is 51.2 Å². The van der Waals surface area contributed by atoms with Gasteiger partial charge in [0.1, 0.15) is 11.4 Å². The highest BCUT2D eigenvalue weighted by molar-refractivity contribution is 8.00. The van der Waals surface area contributed by atoms with Crippen LogP contribution < -0.4 is 0 Å². The normalized spacial score (nSPS) is 16.3. The van der Waals surface area contributed by atoms with Gasteiger partial charge in [0, 0.05) is 21.7 Å². The largest absolute Gasteiger partial charge is 0.330 e. The molecule has 0 saturated heterocycles. The summed E-state index contributed by atoms with van der Waals surface area (Å²) in [7, 11) is 0. The zero-order chi connectivity index (χ0) is 18.9. The Kier molecular flexibility index (Phi) is 4.88. The monoisotopic (exact) mass is 423 g/mol. The molecule has 0 fully saturated rings. The minimum absolute atomic E-state index is 0.0326. The Labute approximate surface area is 175 Å². The number of carbonyl (C=O) groups is 1. The van der Waals surface area contributed by atoms with Crippen LogP contribution in [0.5, 0.6) is 0 Å². The van der Waals surface area contributed by atoms with Crippen LogP contribution in [0.2, 0.25) is 0 Å². The molecule has 5 rings (SSSR count). The first kappa shape index (κ1) is 17.8. The molecule has 140 valence electrons. The maximum Gasteiger partial charge on any atom is 0.233 e. The molecule has 1 amide bonds. The molecule has 0 N–H and O–H groups in total. The number of para-hydroxylation sites is 1. The predicted octanol–water partition coefficient (Wildman–Crippen LogP) is 5.02. The molecule has 3 aromatic heterocycles. The van der Waals surface area contributed by atoms with Crippen molar-refractivity contribution in [3.63, 3.8) is 0 Å². The molecular formula is C21H17N3OS3. The third kappa shape index (κ3) is 3.23. The fourth-order valence-electron chi connectivity index (χ4n) is 3.65. The van der Waals surface area contributed by atoms with Crippen LogP contribution in [-0.2, 0) is 11.2 Å². The Morgan fingerprint density at radius 2 is 2.04 bits per heavy atom. The van der Waals surface area contributed by atoms with Gasteiger partial charge in [-0.05, 0) is 40.9 Å². The average molecular weight is 424 g/mol. The van der Waals surface area contributed by atoms with E-state index in [1.807, 2.05) is 29.2 Å². The van der Waals surface area contributed by atoms with Crippen LogP contribution in [-0.4, -0.2) is 33.1 Å². The molecule has 0 spiro atoms. The quantitative estimate of drug-likeness (QED) is 0.342. The summed E-state index contributed by atoms with van der Waals surface area (Å²) in [6.45, 7) is 0.764. The highest BCUT2D eigenvalue weighted by Gasteiger charge is 2.33. The van der Waals surface area contributed by atoms with Crippen LogP contribution >= 0.6 is 34.4 Å². The SMILES string of the molecule is O=C(CSc1ncnc2ccccc12)N1CCc2sccc2[C@H]1c1cccs1. The third-order valence-corrected chi connectivity index (χ3v) is 7.85. The van der Waals surface area contributed by atoms with Crippen molar-refractivity contribution in [1.82, 2.24) is 14.9 Å². The second-order valence-corrected chi connectivity index (χ2v) is 9.48. The summed E-state index contributed by atoms with van der Waals surface area (Å²) < 4.78 is 0. The fourth-order valence-corrected chi connectivity index (χ4v) is 6.28. The molecular weight excluding hydrogens is 406 g/mol. The minimum Gasteiger partial charge on any atom is -0.330 e. The van der Waals surface area contributed by atoms with E-state index in [9.17, 15) is 4.79 Å². The van der Waals surface area contributed by atoms with Gasteiger partial charge in [-0.25, -0.2) is 9.97 Å². The molecule has 28 heavy (non-hydrogen) atoms. The van der Waals surface area contributed by atoms with Crippen LogP contribution in [0.3, 0.4) is 0 Å². The number of thioether (sulfide) groups is 1. The second kappa shape index (κ2) is 7.66. The lowest BCUT2D eigenvalue weighted by atomic mass is 9.98. The van der Waals surface area contributed by atoms with Crippen molar-refractivity contribution in [1.29, 1.82) is 0 Å². The maximum absolute atomic E-state index is 13.2. The Morgan fingerprint density at radius 1 is 1.11 bits per heavy atom. The number of carbonyl (C=O) groups excluding carboxylic acids is 1. The van der Waals surface area contributed by atoms with Crippen LogP contribution in [0, 0.1) is 0 Å². The smallest absolute Gasteiger partial charge is 0.233 e. The summed E-state index contributed by atoms with van der Waals surface area (Å²) in [5.74, 6) is 0.533. The van der Waals surface area contributed by atoms with E-state index in [4.69, 9.17) is 0 Å². The van der Waals surface area contributed by atoms with Crippen molar-refractivity contribution < 1.29 is 4.79 Å². The van der Waals surface area contributed by atoms with E-state index in [1.54, 1.807) is 29.0 Å². The van der Waals surface area contributed by atoms with Crippen LogP contribution in [0.1, 0.15) is 21.4 Å². The van der Waals surface area contributed by atoms with E-state index >= 15 is 0 Å². The molecule has 1 atom stereocenters. The number of fused-ring (bicyclic) bond motifs is 2. The summed E-state index contributed by atoms with van der Waals surface area (Å²) >= 11 is 5.01. The van der Waals surface area contributed by atoms with Gasteiger partial charge in [-0.1, -0.05) is 36.0 Å². The molecule has 0 bridgehead atoms. The Hall–Kier alpha value is -2.22. The van der Waals surface area contributed by atoms with Gasteiger partial charge in [0.05, 0.1) is 17.3 Å². The molecule has 0 radical (unpaired) electrons. The summed E-state index contributed by atoms with van der Waals surface area (Å²) in [5, 5.41) is 6.08. The number of amides is 1. The zero-order valence-electron chi connectivity index (χ0n) is 14.9. The predicted molar refractivity (Wildman–Crippen MR) is 116 cm³/mol. The lowest BCUT2D eigenvalue weighted by Gasteiger charge is -2.35. The van der Waals surface area contributed by atoms with Crippen LogP contribution in [0.25, 0.3) is 10.9 Å². The van der Waals surface area contributed by atoms with Gasteiger partial charge < -0.3 is 4.90 Å². The molecule has 4 aromatic rings. The first-order chi connectivity index (χ1) is 13.8. The summed E-state index contributed by atoms with van der Waals surface area (Å²) in [5.41, 5.74) is 2.19. The first-order valence-corrected chi connectivity index (χ1v) is 11.8. The summed E-state index contributed by atoms with van der Waals surface area (Å²) in [6.07, 6.45) is 2.50. The van der Waals surface area contributed by atoms with E-state index in [0.717, 1.165) is 28.9 Å². The van der Waals surface area contributed by atoms with Gasteiger partial charge in [-0.2, -0.15) is 0 Å². The average Bonchev–Trinajstić information content (AvgIpc) is 3.43. The maximum atomic E-state index is 13.2. The molecule has 0 saturated carbocycles. The summed E-state index contributed by atoms with van der Waals surface area (Å²) in [6, 6.07) is 14.3. The van der Waals surface area contributed by atoms with E-state index < -0.39 is 0 Å². The van der Waals surface area contributed by atoms with Gasteiger partial charge in [0.15, 0.2) is 0 Å². The lowest BCUT2D eigenvalue weighted by molar-refractivity contribution is -0.130. The van der Waals surface area contributed by atoms with E-state index in [0.29, 0.717) is 5.75 Å². The Balaban J connectivity index is 1.40. The van der Waals surface area contributed by atoms with Crippen molar-refractivity contribution in [2.75, 3.05) is 12.3 Å². The van der Waals surface area contributed by atoms with Crippen molar-refractivity contribution in [2.24, 2.45) is 0 Å². The number of nitrogens with zero attached hydrogens (tertiary/aromatic N) is 3. The van der Waals surface area contributed by atoms with Gasteiger partial charge in [0.2, 0.25) is 5.91 Å². The van der Waals surface area contributed by atoms with Crippen molar-refractivity contribution in [3.05, 3.63) is 74.9 Å². The van der Waals surface area contributed by atoms with Gasteiger partial charge in [0.25, 0.3) is 0 Å². The highest BCUT2D eigenvalue weighted by Crippen LogP contribution is 2.40. The van der Waals surface area contributed by atoms with Crippen LogP contribution in [0.15, 0.2) is 64.6 Å².